The Morgan fingerprint density at radius 3 is 2.29 bits per heavy atom. The largest absolute Gasteiger partial charge is 0.324 e. The van der Waals surface area contributed by atoms with Crippen molar-refractivity contribution in [1.29, 1.82) is 0 Å². The van der Waals surface area contributed by atoms with E-state index in [0.717, 1.165) is 12.8 Å². The maximum Gasteiger partial charge on any atom is 0.227 e. The van der Waals surface area contributed by atoms with Gasteiger partial charge < -0.3 is 10.6 Å². The summed E-state index contributed by atoms with van der Waals surface area (Å²) in [5.41, 5.74) is 5.91. The van der Waals surface area contributed by atoms with Gasteiger partial charge in [0.05, 0.1) is 6.17 Å². The Morgan fingerprint density at radius 1 is 1.36 bits per heavy atom. The van der Waals surface area contributed by atoms with Gasteiger partial charge in [-0.3, -0.25) is 4.79 Å². The van der Waals surface area contributed by atoms with Gasteiger partial charge in [0.1, 0.15) is 0 Å². The number of carbonyl (C=O) groups excluding carboxylic acids is 1. The monoisotopic (exact) mass is 198 g/mol. The van der Waals surface area contributed by atoms with Crippen LogP contribution in [-0.4, -0.2) is 23.0 Å². The van der Waals surface area contributed by atoms with Crippen LogP contribution in [0.1, 0.15) is 40.5 Å². The van der Waals surface area contributed by atoms with Gasteiger partial charge in [-0.05, 0) is 25.7 Å². The molecule has 3 nitrogen and oxygen atoms in total. The van der Waals surface area contributed by atoms with E-state index in [1.807, 2.05) is 11.8 Å². The first-order valence-electron chi connectivity index (χ1n) is 5.53. The molecule has 3 heteroatoms. The normalized spacial score (nSPS) is 29.7. The van der Waals surface area contributed by atoms with Crippen molar-refractivity contribution in [2.45, 2.75) is 52.7 Å². The van der Waals surface area contributed by atoms with Crippen LogP contribution in [0.25, 0.3) is 0 Å². The summed E-state index contributed by atoms with van der Waals surface area (Å²) in [4.78, 5) is 13.9. The maximum atomic E-state index is 12.1. The lowest BCUT2D eigenvalue weighted by Gasteiger charge is -2.30. The number of carbonyl (C=O) groups is 1. The number of amides is 1. The van der Waals surface area contributed by atoms with E-state index in [9.17, 15) is 4.79 Å². The van der Waals surface area contributed by atoms with E-state index in [-0.39, 0.29) is 18.0 Å². The van der Waals surface area contributed by atoms with E-state index in [4.69, 9.17) is 5.73 Å². The topological polar surface area (TPSA) is 46.3 Å². The summed E-state index contributed by atoms with van der Waals surface area (Å²) in [5.74, 6) is 0.696. The summed E-state index contributed by atoms with van der Waals surface area (Å²) in [6, 6.07) is 0.318. The van der Waals surface area contributed by atoms with E-state index in [0.29, 0.717) is 12.0 Å². The maximum absolute atomic E-state index is 12.1. The molecule has 0 bridgehead atoms. The molecule has 1 fully saturated rings. The third-order valence-electron chi connectivity index (χ3n) is 3.36. The molecule has 1 saturated heterocycles. The van der Waals surface area contributed by atoms with Gasteiger partial charge in [0, 0.05) is 12.0 Å². The third-order valence-corrected chi connectivity index (χ3v) is 3.36. The number of nitrogens with two attached hydrogens (primary N) is 1. The summed E-state index contributed by atoms with van der Waals surface area (Å²) in [5, 5.41) is 0. The number of rotatable bonds is 2. The Morgan fingerprint density at radius 2 is 1.93 bits per heavy atom. The zero-order chi connectivity index (χ0) is 10.9. The van der Waals surface area contributed by atoms with Crippen molar-refractivity contribution in [3.63, 3.8) is 0 Å². The van der Waals surface area contributed by atoms with E-state index < -0.39 is 0 Å². The fourth-order valence-electron chi connectivity index (χ4n) is 1.92. The lowest BCUT2D eigenvalue weighted by atomic mass is 9.96. The SMILES string of the molecule is CC(C)C(C)C(=O)N1C(C)CC[C@H]1N. The van der Waals surface area contributed by atoms with Gasteiger partial charge in [0.25, 0.3) is 0 Å². The molecular formula is C11H22N2O. The van der Waals surface area contributed by atoms with Crippen LogP contribution < -0.4 is 5.73 Å². The van der Waals surface area contributed by atoms with Gasteiger partial charge in [-0.15, -0.1) is 0 Å². The van der Waals surface area contributed by atoms with Crippen LogP contribution in [0.2, 0.25) is 0 Å². The quantitative estimate of drug-likeness (QED) is 0.732. The third kappa shape index (κ3) is 2.08. The predicted molar refractivity (Wildman–Crippen MR) is 57.5 cm³/mol. The van der Waals surface area contributed by atoms with Gasteiger partial charge in [0.2, 0.25) is 5.91 Å². The van der Waals surface area contributed by atoms with Crippen LogP contribution in [-0.2, 0) is 4.79 Å². The first-order valence-corrected chi connectivity index (χ1v) is 5.53. The Labute approximate surface area is 86.6 Å². The van der Waals surface area contributed by atoms with Gasteiger partial charge in [-0.2, -0.15) is 0 Å². The van der Waals surface area contributed by atoms with E-state index in [1.54, 1.807) is 0 Å². The number of likely N-dealkylation sites (tertiary alicyclic amines) is 1. The Hall–Kier alpha value is -0.570. The molecule has 0 aromatic heterocycles. The van der Waals surface area contributed by atoms with Crippen LogP contribution in [0.15, 0.2) is 0 Å². The fourth-order valence-corrected chi connectivity index (χ4v) is 1.92. The summed E-state index contributed by atoms with van der Waals surface area (Å²) >= 11 is 0. The van der Waals surface area contributed by atoms with Crippen LogP contribution in [0.5, 0.6) is 0 Å². The standard InChI is InChI=1S/C11H22N2O/c1-7(2)9(4)11(14)13-8(3)5-6-10(13)12/h7-10H,5-6,12H2,1-4H3/t8?,9?,10-/m0/s1. The van der Waals surface area contributed by atoms with Crippen molar-refractivity contribution in [3.8, 4) is 0 Å². The van der Waals surface area contributed by atoms with E-state index in [1.165, 1.54) is 0 Å². The molecule has 2 N–H and O–H groups in total. The van der Waals surface area contributed by atoms with Gasteiger partial charge in [-0.25, -0.2) is 0 Å². The van der Waals surface area contributed by atoms with Crippen LogP contribution in [0, 0.1) is 11.8 Å². The Balaban J connectivity index is 2.68. The van der Waals surface area contributed by atoms with Crippen LogP contribution in [0.3, 0.4) is 0 Å². The van der Waals surface area contributed by atoms with Crippen molar-refractivity contribution < 1.29 is 4.79 Å². The van der Waals surface area contributed by atoms with E-state index >= 15 is 0 Å². The molecular weight excluding hydrogens is 176 g/mol. The molecule has 1 aliphatic heterocycles. The predicted octanol–water partition coefficient (Wildman–Crippen LogP) is 1.57. The minimum Gasteiger partial charge on any atom is -0.324 e. The smallest absolute Gasteiger partial charge is 0.227 e. The summed E-state index contributed by atoms with van der Waals surface area (Å²) in [6.45, 7) is 8.23. The molecule has 0 radical (unpaired) electrons. The van der Waals surface area contributed by atoms with Crippen molar-refractivity contribution in [3.05, 3.63) is 0 Å². The molecule has 0 aliphatic carbocycles. The van der Waals surface area contributed by atoms with Crippen molar-refractivity contribution in [1.82, 2.24) is 4.90 Å². The first kappa shape index (κ1) is 11.5. The van der Waals surface area contributed by atoms with Crippen molar-refractivity contribution >= 4 is 5.91 Å². The molecule has 0 aromatic rings. The molecule has 1 amide bonds. The Bertz CT molecular complexity index is 205. The van der Waals surface area contributed by atoms with Crippen LogP contribution in [0.4, 0.5) is 0 Å². The molecule has 1 rings (SSSR count). The van der Waals surface area contributed by atoms with Gasteiger partial charge in [-0.1, -0.05) is 20.8 Å². The lowest BCUT2D eigenvalue weighted by molar-refractivity contribution is -0.138. The molecule has 1 aliphatic rings. The molecule has 0 aromatic carbocycles. The highest BCUT2D eigenvalue weighted by atomic mass is 16.2. The molecule has 82 valence electrons. The van der Waals surface area contributed by atoms with Crippen molar-refractivity contribution in [2.75, 3.05) is 0 Å². The van der Waals surface area contributed by atoms with Crippen LogP contribution >= 0.6 is 0 Å². The average Bonchev–Trinajstić information content (AvgIpc) is 2.44. The second kappa shape index (κ2) is 4.30. The number of hydrogen-bond acceptors (Lipinski definition) is 2. The fraction of sp³-hybridized carbons (Fsp3) is 0.909. The number of nitrogens with zero attached hydrogens (tertiary/aromatic N) is 1. The zero-order valence-corrected chi connectivity index (χ0v) is 9.66. The average molecular weight is 198 g/mol. The Kier molecular flexibility index (Phi) is 3.53. The number of hydrogen-bond donors (Lipinski definition) is 1. The summed E-state index contributed by atoms with van der Waals surface area (Å²) < 4.78 is 0. The van der Waals surface area contributed by atoms with E-state index in [2.05, 4.69) is 20.8 Å². The van der Waals surface area contributed by atoms with Crippen molar-refractivity contribution in [2.24, 2.45) is 17.6 Å². The first-order chi connectivity index (χ1) is 6.45. The van der Waals surface area contributed by atoms with Gasteiger partial charge in [0.15, 0.2) is 0 Å². The summed E-state index contributed by atoms with van der Waals surface area (Å²) in [6.07, 6.45) is 1.92. The molecule has 14 heavy (non-hydrogen) atoms. The highest BCUT2D eigenvalue weighted by Gasteiger charge is 2.34. The molecule has 1 heterocycles. The second-order valence-corrected chi connectivity index (χ2v) is 4.77. The lowest BCUT2D eigenvalue weighted by Crippen LogP contribution is -2.47. The minimum atomic E-state index is -0.0568. The zero-order valence-electron chi connectivity index (χ0n) is 9.66. The van der Waals surface area contributed by atoms with Gasteiger partial charge >= 0.3 is 0 Å². The second-order valence-electron chi connectivity index (χ2n) is 4.77. The molecule has 0 saturated carbocycles. The highest BCUT2D eigenvalue weighted by molar-refractivity contribution is 5.79. The minimum absolute atomic E-state index is 0.0568. The highest BCUT2D eigenvalue weighted by Crippen LogP contribution is 2.24. The molecule has 0 spiro atoms. The summed E-state index contributed by atoms with van der Waals surface area (Å²) in [7, 11) is 0. The molecule has 2 unspecified atom stereocenters. The molecule has 3 atom stereocenters.